The molecule has 3 amide bonds. The van der Waals surface area contributed by atoms with Crippen molar-refractivity contribution in [3.8, 4) is 17.2 Å². The lowest BCUT2D eigenvalue weighted by Crippen LogP contribution is -2.41. The largest absolute Gasteiger partial charge is 0.454 e. The molecule has 2 aliphatic rings. The van der Waals surface area contributed by atoms with E-state index in [-0.39, 0.29) is 19.1 Å². The van der Waals surface area contributed by atoms with Gasteiger partial charge in [-0.05, 0) is 63.6 Å². The Morgan fingerprint density at radius 1 is 1.00 bits per heavy atom. The van der Waals surface area contributed by atoms with Crippen molar-refractivity contribution in [3.05, 3.63) is 76.6 Å². The molecule has 0 unspecified atom stereocenters. The van der Waals surface area contributed by atoms with Gasteiger partial charge in [-0.25, -0.2) is 4.79 Å². The standard InChI is InChI=1S/C26H25N3O5/c1-15-5-8-19(9-6-15)29-16(2)11-20(17(29)3)21(30)13-28-24(31)26(4,27-25(28)32)18-7-10-22-23(12-18)34-14-33-22/h5-12H,13-14H2,1-4H3,(H,27,32)/t26-/m1/s1. The quantitative estimate of drug-likeness (QED) is 0.463. The minimum absolute atomic E-state index is 0.109. The second kappa shape index (κ2) is 7.76. The summed E-state index contributed by atoms with van der Waals surface area (Å²) < 4.78 is 12.7. The van der Waals surface area contributed by atoms with Crippen LogP contribution >= 0.6 is 0 Å². The molecule has 2 aliphatic heterocycles. The van der Waals surface area contributed by atoms with E-state index in [1.807, 2.05) is 49.6 Å². The molecule has 0 aliphatic carbocycles. The first-order valence-corrected chi connectivity index (χ1v) is 11.0. The maximum absolute atomic E-state index is 13.3. The molecule has 0 spiro atoms. The molecule has 2 aromatic carbocycles. The van der Waals surface area contributed by atoms with Crippen molar-refractivity contribution in [1.82, 2.24) is 14.8 Å². The zero-order valence-corrected chi connectivity index (χ0v) is 19.5. The van der Waals surface area contributed by atoms with Gasteiger partial charge < -0.3 is 19.4 Å². The predicted molar refractivity (Wildman–Crippen MR) is 124 cm³/mol. The molecule has 1 saturated heterocycles. The summed E-state index contributed by atoms with van der Waals surface area (Å²) >= 11 is 0. The highest BCUT2D eigenvalue weighted by Gasteiger charge is 2.50. The van der Waals surface area contributed by atoms with Crippen molar-refractivity contribution in [3.63, 3.8) is 0 Å². The van der Waals surface area contributed by atoms with Crippen LogP contribution in [0.15, 0.2) is 48.5 Å². The fourth-order valence-corrected chi connectivity index (χ4v) is 4.61. The average Bonchev–Trinajstić information content (AvgIpc) is 3.46. The van der Waals surface area contributed by atoms with E-state index in [1.165, 1.54) is 0 Å². The third-order valence-electron chi connectivity index (χ3n) is 6.55. The Bertz CT molecular complexity index is 1340. The molecule has 1 N–H and O–H groups in total. The first kappa shape index (κ1) is 21.8. The lowest BCUT2D eigenvalue weighted by atomic mass is 9.91. The second-order valence-electron chi connectivity index (χ2n) is 8.89. The van der Waals surface area contributed by atoms with Crippen LogP contribution in [0.25, 0.3) is 5.69 Å². The second-order valence-corrected chi connectivity index (χ2v) is 8.89. The molecular formula is C26H25N3O5. The Labute approximate surface area is 197 Å². The number of ether oxygens (including phenoxy) is 2. The van der Waals surface area contributed by atoms with Crippen LogP contribution in [-0.2, 0) is 10.3 Å². The highest BCUT2D eigenvalue weighted by molar-refractivity contribution is 6.11. The molecule has 8 heteroatoms. The summed E-state index contributed by atoms with van der Waals surface area (Å²) in [6.07, 6.45) is 0. The summed E-state index contributed by atoms with van der Waals surface area (Å²) in [6.45, 7) is 7.19. The van der Waals surface area contributed by atoms with Crippen LogP contribution in [0.2, 0.25) is 0 Å². The molecule has 0 radical (unpaired) electrons. The molecule has 1 aromatic heterocycles. The summed E-state index contributed by atoms with van der Waals surface area (Å²) in [4.78, 5) is 40.3. The van der Waals surface area contributed by atoms with Gasteiger partial charge in [-0.2, -0.15) is 0 Å². The minimum Gasteiger partial charge on any atom is -0.454 e. The zero-order chi connectivity index (χ0) is 24.2. The lowest BCUT2D eigenvalue weighted by Gasteiger charge is -2.22. The number of hydrogen-bond acceptors (Lipinski definition) is 5. The fraction of sp³-hybridized carbons (Fsp3) is 0.269. The van der Waals surface area contributed by atoms with E-state index in [1.54, 1.807) is 31.2 Å². The van der Waals surface area contributed by atoms with E-state index in [4.69, 9.17) is 9.47 Å². The van der Waals surface area contributed by atoms with E-state index < -0.39 is 17.5 Å². The van der Waals surface area contributed by atoms with Crippen molar-refractivity contribution in [1.29, 1.82) is 0 Å². The number of Topliss-reactive ketones (excluding diaryl/α,β-unsaturated/α-hetero) is 1. The van der Waals surface area contributed by atoms with Crippen molar-refractivity contribution in [2.45, 2.75) is 33.2 Å². The van der Waals surface area contributed by atoms with E-state index in [0.29, 0.717) is 22.6 Å². The van der Waals surface area contributed by atoms with Gasteiger partial charge in [0.2, 0.25) is 6.79 Å². The number of urea groups is 1. The number of ketones is 1. The molecule has 0 saturated carbocycles. The summed E-state index contributed by atoms with van der Waals surface area (Å²) in [6, 6.07) is 14.3. The molecule has 5 rings (SSSR count). The molecule has 1 fully saturated rings. The maximum Gasteiger partial charge on any atom is 0.325 e. The van der Waals surface area contributed by atoms with Gasteiger partial charge in [0, 0.05) is 22.6 Å². The Morgan fingerprint density at radius 2 is 1.71 bits per heavy atom. The Morgan fingerprint density at radius 3 is 2.44 bits per heavy atom. The SMILES string of the molecule is Cc1ccc(-n2c(C)cc(C(=O)CN3C(=O)N[C@](C)(c4ccc5c(c4)OCO5)C3=O)c2C)cc1. The van der Waals surface area contributed by atoms with Gasteiger partial charge in [0.05, 0.1) is 6.54 Å². The molecule has 0 bridgehead atoms. The number of amides is 3. The Kier molecular flexibility index (Phi) is 4.97. The number of imide groups is 1. The number of nitrogens with zero attached hydrogens (tertiary/aromatic N) is 2. The van der Waals surface area contributed by atoms with Gasteiger partial charge in [-0.1, -0.05) is 23.8 Å². The smallest absolute Gasteiger partial charge is 0.325 e. The monoisotopic (exact) mass is 459 g/mol. The van der Waals surface area contributed by atoms with Crippen LogP contribution in [0.5, 0.6) is 11.5 Å². The number of fused-ring (bicyclic) bond motifs is 1. The number of nitrogens with one attached hydrogen (secondary N) is 1. The van der Waals surface area contributed by atoms with Crippen molar-refractivity contribution >= 4 is 17.7 Å². The topological polar surface area (TPSA) is 89.9 Å². The highest BCUT2D eigenvalue weighted by atomic mass is 16.7. The van der Waals surface area contributed by atoms with Gasteiger partial charge in [0.25, 0.3) is 5.91 Å². The molecule has 3 aromatic rings. The lowest BCUT2D eigenvalue weighted by molar-refractivity contribution is -0.130. The number of carbonyl (C=O) groups excluding carboxylic acids is 3. The van der Waals surface area contributed by atoms with Crippen LogP contribution in [-0.4, -0.2) is 40.5 Å². The number of aromatic nitrogens is 1. The number of aryl methyl sites for hydroxylation is 2. The van der Waals surface area contributed by atoms with E-state index >= 15 is 0 Å². The third kappa shape index (κ3) is 3.34. The minimum atomic E-state index is -1.31. The van der Waals surface area contributed by atoms with Crippen molar-refractivity contribution in [2.24, 2.45) is 0 Å². The predicted octanol–water partition coefficient (Wildman–Crippen LogP) is 3.78. The van der Waals surface area contributed by atoms with Crippen molar-refractivity contribution in [2.75, 3.05) is 13.3 Å². The van der Waals surface area contributed by atoms with Gasteiger partial charge in [0.15, 0.2) is 17.3 Å². The molecule has 34 heavy (non-hydrogen) atoms. The Balaban J connectivity index is 1.40. The van der Waals surface area contributed by atoms with E-state index in [0.717, 1.165) is 27.5 Å². The molecule has 8 nitrogen and oxygen atoms in total. The molecule has 1 atom stereocenters. The number of benzene rings is 2. The van der Waals surface area contributed by atoms with Gasteiger partial charge in [-0.3, -0.25) is 14.5 Å². The molecular weight excluding hydrogens is 434 g/mol. The summed E-state index contributed by atoms with van der Waals surface area (Å²) in [5.74, 6) is 0.306. The average molecular weight is 460 g/mol. The highest BCUT2D eigenvalue weighted by Crippen LogP contribution is 2.38. The van der Waals surface area contributed by atoms with Gasteiger partial charge in [0.1, 0.15) is 5.54 Å². The van der Waals surface area contributed by atoms with Crippen LogP contribution in [0.1, 0.15) is 39.8 Å². The number of rotatable bonds is 5. The fourth-order valence-electron chi connectivity index (χ4n) is 4.61. The summed E-state index contributed by atoms with van der Waals surface area (Å²) in [5, 5.41) is 2.74. The Hall–Kier alpha value is -4.07. The number of carbonyl (C=O) groups is 3. The van der Waals surface area contributed by atoms with Crippen LogP contribution in [0.3, 0.4) is 0 Å². The summed E-state index contributed by atoms with van der Waals surface area (Å²) in [7, 11) is 0. The first-order valence-electron chi connectivity index (χ1n) is 11.0. The van der Waals surface area contributed by atoms with Gasteiger partial charge >= 0.3 is 6.03 Å². The van der Waals surface area contributed by atoms with Crippen LogP contribution < -0.4 is 14.8 Å². The normalized spacial score (nSPS) is 19.0. The van der Waals surface area contributed by atoms with Crippen LogP contribution in [0, 0.1) is 20.8 Å². The van der Waals surface area contributed by atoms with Crippen molar-refractivity contribution < 1.29 is 23.9 Å². The van der Waals surface area contributed by atoms with Crippen LogP contribution in [0.4, 0.5) is 4.79 Å². The molecule has 3 heterocycles. The molecule has 174 valence electrons. The van der Waals surface area contributed by atoms with E-state index in [2.05, 4.69) is 5.32 Å². The first-order chi connectivity index (χ1) is 16.2. The number of hydrogen-bond donors (Lipinski definition) is 1. The summed E-state index contributed by atoms with van der Waals surface area (Å²) in [5.41, 5.74) is 3.48. The van der Waals surface area contributed by atoms with Gasteiger partial charge in [-0.15, -0.1) is 0 Å². The third-order valence-corrected chi connectivity index (χ3v) is 6.55. The maximum atomic E-state index is 13.3. The van der Waals surface area contributed by atoms with E-state index in [9.17, 15) is 14.4 Å². The zero-order valence-electron chi connectivity index (χ0n) is 19.5.